The number of fused-ring (bicyclic) bond motifs is 1. The molecule has 0 bridgehead atoms. The molecule has 3 aromatic rings. The molecule has 166 valence electrons. The second-order valence-electron chi connectivity index (χ2n) is 8.42. The van der Waals surface area contributed by atoms with Crippen LogP contribution in [-0.2, 0) is 11.2 Å². The molecule has 7 heteroatoms. The summed E-state index contributed by atoms with van der Waals surface area (Å²) in [6, 6.07) is 13.8. The number of amides is 2. The summed E-state index contributed by atoms with van der Waals surface area (Å²) in [7, 11) is 0. The molecule has 0 spiro atoms. The molecule has 5 nitrogen and oxygen atoms in total. The number of nitrogens with zero attached hydrogens (tertiary/aromatic N) is 2. The van der Waals surface area contributed by atoms with Gasteiger partial charge in [-0.05, 0) is 66.8 Å². The van der Waals surface area contributed by atoms with Crippen molar-refractivity contribution in [3.05, 3.63) is 74.1 Å². The van der Waals surface area contributed by atoms with Crippen LogP contribution >= 0.6 is 22.7 Å². The molecule has 5 rings (SSSR count). The molecule has 1 unspecified atom stereocenters. The summed E-state index contributed by atoms with van der Waals surface area (Å²) < 4.78 is 6.11. The van der Waals surface area contributed by atoms with Crippen LogP contribution < -0.4 is 4.74 Å². The maximum Gasteiger partial charge on any atom is 0.264 e. The molecule has 1 fully saturated rings. The summed E-state index contributed by atoms with van der Waals surface area (Å²) in [5.41, 5.74) is 2.35. The van der Waals surface area contributed by atoms with Crippen LogP contribution in [0.4, 0.5) is 0 Å². The Bertz CT molecular complexity index is 1090. The van der Waals surface area contributed by atoms with Crippen molar-refractivity contribution in [3.63, 3.8) is 0 Å². The van der Waals surface area contributed by atoms with Crippen LogP contribution in [0.2, 0.25) is 0 Å². The van der Waals surface area contributed by atoms with Crippen LogP contribution in [0.25, 0.3) is 0 Å². The Balaban J connectivity index is 1.33. The Morgan fingerprint density at radius 2 is 1.91 bits per heavy atom. The van der Waals surface area contributed by atoms with Gasteiger partial charge in [-0.2, -0.15) is 0 Å². The summed E-state index contributed by atoms with van der Waals surface area (Å²) in [6.45, 7) is 3.23. The minimum atomic E-state index is -0.142. The van der Waals surface area contributed by atoms with E-state index < -0.39 is 0 Å². The van der Waals surface area contributed by atoms with E-state index in [1.165, 1.54) is 27.3 Å². The van der Waals surface area contributed by atoms with Crippen LogP contribution in [-0.4, -0.2) is 47.4 Å². The van der Waals surface area contributed by atoms with Crippen molar-refractivity contribution in [2.45, 2.75) is 38.3 Å². The van der Waals surface area contributed by atoms with E-state index in [2.05, 4.69) is 11.4 Å². The standard InChI is InChI=1S/C25H26N2O3S2/c1-17-4-8-19(9-5-17)30-16-21-20-11-14-32-22(20)10-12-26(21)24(28)15-27(18-6-7-18)25(29)23-3-2-13-31-23/h2-5,8-9,11,13-14,18,21H,6-7,10,12,15-16H2,1H3. The van der Waals surface area contributed by atoms with E-state index in [1.54, 1.807) is 16.2 Å². The molecule has 2 aliphatic rings. The van der Waals surface area contributed by atoms with Crippen molar-refractivity contribution in [2.24, 2.45) is 0 Å². The first-order valence-corrected chi connectivity index (χ1v) is 12.8. The van der Waals surface area contributed by atoms with E-state index in [9.17, 15) is 9.59 Å². The molecule has 1 aliphatic heterocycles. The highest BCUT2D eigenvalue weighted by molar-refractivity contribution is 7.12. The molecular formula is C25H26N2O3S2. The van der Waals surface area contributed by atoms with Crippen molar-refractivity contribution >= 4 is 34.5 Å². The van der Waals surface area contributed by atoms with Crippen molar-refractivity contribution < 1.29 is 14.3 Å². The van der Waals surface area contributed by atoms with Gasteiger partial charge in [0.1, 0.15) is 18.9 Å². The molecule has 3 heterocycles. The van der Waals surface area contributed by atoms with Gasteiger partial charge in [0, 0.05) is 17.5 Å². The van der Waals surface area contributed by atoms with E-state index in [0.29, 0.717) is 18.0 Å². The van der Waals surface area contributed by atoms with Crippen LogP contribution in [0.15, 0.2) is 53.2 Å². The molecule has 1 saturated carbocycles. The van der Waals surface area contributed by atoms with E-state index >= 15 is 0 Å². The molecule has 2 aromatic heterocycles. The van der Waals surface area contributed by atoms with E-state index in [1.807, 2.05) is 53.6 Å². The topological polar surface area (TPSA) is 49.9 Å². The SMILES string of the molecule is Cc1ccc(OCC2c3ccsc3CCN2C(=O)CN(C(=O)c2cccs2)C2CC2)cc1. The normalized spacial score (nSPS) is 17.7. The molecule has 0 saturated heterocycles. The predicted octanol–water partition coefficient (Wildman–Crippen LogP) is 4.93. The average molecular weight is 467 g/mol. The van der Waals surface area contributed by atoms with Gasteiger partial charge in [-0.1, -0.05) is 23.8 Å². The smallest absolute Gasteiger partial charge is 0.264 e. The number of thiophene rings is 2. The van der Waals surface area contributed by atoms with Gasteiger partial charge in [-0.15, -0.1) is 22.7 Å². The zero-order valence-corrected chi connectivity index (χ0v) is 19.7. The van der Waals surface area contributed by atoms with Gasteiger partial charge in [0.15, 0.2) is 0 Å². The first-order valence-electron chi connectivity index (χ1n) is 11.0. The Kier molecular flexibility index (Phi) is 6.02. The molecule has 0 N–H and O–H groups in total. The third kappa shape index (κ3) is 4.45. The molecular weight excluding hydrogens is 440 g/mol. The highest BCUT2D eigenvalue weighted by atomic mass is 32.1. The van der Waals surface area contributed by atoms with Crippen molar-refractivity contribution in [2.75, 3.05) is 19.7 Å². The summed E-state index contributed by atoms with van der Waals surface area (Å²) >= 11 is 3.17. The van der Waals surface area contributed by atoms with E-state index in [-0.39, 0.29) is 30.4 Å². The second kappa shape index (κ2) is 9.08. The van der Waals surface area contributed by atoms with Crippen LogP contribution in [0, 0.1) is 6.92 Å². The fourth-order valence-electron chi connectivity index (χ4n) is 4.22. The Morgan fingerprint density at radius 1 is 1.09 bits per heavy atom. The van der Waals surface area contributed by atoms with E-state index in [4.69, 9.17) is 4.74 Å². The fourth-order valence-corrected chi connectivity index (χ4v) is 5.82. The predicted molar refractivity (Wildman–Crippen MR) is 128 cm³/mol. The van der Waals surface area contributed by atoms with Crippen LogP contribution in [0.3, 0.4) is 0 Å². The Hall–Kier alpha value is -2.64. The van der Waals surface area contributed by atoms with Crippen LogP contribution in [0.1, 0.15) is 44.6 Å². The molecule has 32 heavy (non-hydrogen) atoms. The number of benzene rings is 1. The quantitative estimate of drug-likeness (QED) is 0.496. The van der Waals surface area contributed by atoms with E-state index in [0.717, 1.165) is 25.0 Å². The second-order valence-corrected chi connectivity index (χ2v) is 10.4. The van der Waals surface area contributed by atoms with Gasteiger partial charge in [-0.3, -0.25) is 9.59 Å². The van der Waals surface area contributed by atoms with Gasteiger partial charge >= 0.3 is 0 Å². The maximum atomic E-state index is 13.5. The zero-order valence-electron chi connectivity index (χ0n) is 18.0. The minimum Gasteiger partial charge on any atom is -0.491 e. The van der Waals surface area contributed by atoms with Gasteiger partial charge in [0.25, 0.3) is 5.91 Å². The summed E-state index contributed by atoms with van der Waals surface area (Å²) in [6.07, 6.45) is 2.79. The lowest BCUT2D eigenvalue weighted by Gasteiger charge is -2.37. The van der Waals surface area contributed by atoms with Gasteiger partial charge < -0.3 is 14.5 Å². The minimum absolute atomic E-state index is 0.00355. The van der Waals surface area contributed by atoms with Crippen molar-refractivity contribution in [1.29, 1.82) is 0 Å². The number of carbonyl (C=O) groups is 2. The highest BCUT2D eigenvalue weighted by Crippen LogP contribution is 2.35. The van der Waals surface area contributed by atoms with Gasteiger partial charge in [0.05, 0.1) is 10.9 Å². The maximum absolute atomic E-state index is 13.5. The monoisotopic (exact) mass is 466 g/mol. The first kappa shape index (κ1) is 21.2. The number of aryl methyl sites for hydroxylation is 1. The number of hydrogen-bond acceptors (Lipinski definition) is 5. The number of carbonyl (C=O) groups excluding carboxylic acids is 2. The molecule has 1 aliphatic carbocycles. The lowest BCUT2D eigenvalue weighted by atomic mass is 10.0. The number of hydrogen-bond donors (Lipinski definition) is 0. The molecule has 0 radical (unpaired) electrons. The fraction of sp³-hybridized carbons (Fsp3) is 0.360. The highest BCUT2D eigenvalue weighted by Gasteiger charge is 2.38. The van der Waals surface area contributed by atoms with Crippen molar-refractivity contribution in [1.82, 2.24) is 9.80 Å². The lowest BCUT2D eigenvalue weighted by molar-refractivity contribution is -0.135. The summed E-state index contributed by atoms with van der Waals surface area (Å²) in [5, 5.41) is 4.00. The third-order valence-electron chi connectivity index (χ3n) is 6.13. The number of rotatable bonds is 7. The van der Waals surface area contributed by atoms with Crippen molar-refractivity contribution in [3.8, 4) is 5.75 Å². The number of ether oxygens (including phenoxy) is 1. The largest absolute Gasteiger partial charge is 0.491 e. The van der Waals surface area contributed by atoms with Gasteiger partial charge in [-0.25, -0.2) is 0 Å². The molecule has 1 atom stereocenters. The summed E-state index contributed by atoms with van der Waals surface area (Å²) in [5.74, 6) is 0.769. The van der Waals surface area contributed by atoms with Gasteiger partial charge in [0.2, 0.25) is 5.91 Å². The average Bonchev–Trinajstić information content (AvgIpc) is 3.28. The summed E-state index contributed by atoms with van der Waals surface area (Å²) in [4.78, 5) is 32.2. The Labute approximate surface area is 196 Å². The zero-order chi connectivity index (χ0) is 22.1. The molecule has 2 amide bonds. The first-order chi connectivity index (χ1) is 15.6. The third-order valence-corrected chi connectivity index (χ3v) is 7.98. The lowest BCUT2D eigenvalue weighted by Crippen LogP contribution is -2.48. The Morgan fingerprint density at radius 3 is 2.62 bits per heavy atom. The molecule has 1 aromatic carbocycles. The van der Waals surface area contributed by atoms with Crippen LogP contribution in [0.5, 0.6) is 5.75 Å².